The fourth-order valence-corrected chi connectivity index (χ4v) is 4.71. The van der Waals surface area contributed by atoms with Gasteiger partial charge in [-0.15, -0.1) is 0 Å². The molecule has 8 heteroatoms. The van der Waals surface area contributed by atoms with E-state index in [1.54, 1.807) is 0 Å². The Morgan fingerprint density at radius 1 is 1.32 bits per heavy atom. The van der Waals surface area contributed by atoms with Crippen LogP contribution in [0.2, 0.25) is 0 Å². The Morgan fingerprint density at radius 2 is 1.86 bits per heavy atom. The maximum absolute atomic E-state index is 12.6. The van der Waals surface area contributed by atoms with Crippen molar-refractivity contribution in [1.29, 1.82) is 0 Å². The fraction of sp³-hybridized carbons (Fsp3) is 0.786. The molecular weight excluding hydrogens is 317 g/mol. The summed E-state index contributed by atoms with van der Waals surface area (Å²) in [5, 5.41) is 2.89. The maximum Gasteiger partial charge on any atom is 0.435 e. The first-order valence-corrected chi connectivity index (χ1v) is 8.94. The first-order valence-electron chi connectivity index (χ1n) is 7.22. The van der Waals surface area contributed by atoms with Crippen LogP contribution < -0.4 is 0 Å². The number of alkyl halides is 3. The van der Waals surface area contributed by atoms with Gasteiger partial charge in [-0.2, -0.15) is 18.3 Å². The largest absolute Gasteiger partial charge is 0.435 e. The lowest BCUT2D eigenvalue weighted by molar-refractivity contribution is -0.141. The molecule has 0 aliphatic heterocycles. The van der Waals surface area contributed by atoms with E-state index in [0.717, 1.165) is 23.6 Å². The topological polar surface area (TPSA) is 52.0 Å². The molecule has 126 valence electrons. The van der Waals surface area contributed by atoms with Crippen molar-refractivity contribution in [3.63, 3.8) is 0 Å². The van der Waals surface area contributed by atoms with E-state index < -0.39 is 32.7 Å². The van der Waals surface area contributed by atoms with Gasteiger partial charge in [-0.1, -0.05) is 13.8 Å². The third kappa shape index (κ3) is 3.83. The lowest BCUT2D eigenvalue weighted by Crippen LogP contribution is -2.31. The number of sulfone groups is 1. The third-order valence-electron chi connectivity index (χ3n) is 4.41. The second-order valence-corrected chi connectivity index (χ2v) is 9.09. The average Bonchev–Trinajstić information content (AvgIpc) is 2.69. The molecule has 1 heterocycles. The van der Waals surface area contributed by atoms with Gasteiger partial charge in [0.2, 0.25) is 0 Å². The smallest absolute Gasteiger partial charge is 0.271 e. The summed E-state index contributed by atoms with van der Waals surface area (Å²) >= 11 is 0. The van der Waals surface area contributed by atoms with Crippen LogP contribution in [0.15, 0.2) is 6.07 Å². The van der Waals surface area contributed by atoms with Crippen LogP contribution in [0.25, 0.3) is 0 Å². The molecule has 1 aromatic rings. The Kier molecular flexibility index (Phi) is 4.36. The summed E-state index contributed by atoms with van der Waals surface area (Å²) in [5.41, 5.74) is -0.829. The van der Waals surface area contributed by atoms with Crippen molar-refractivity contribution < 1.29 is 21.6 Å². The van der Waals surface area contributed by atoms with Crippen molar-refractivity contribution in [3.05, 3.63) is 17.5 Å². The van der Waals surface area contributed by atoms with Crippen LogP contribution in [-0.4, -0.2) is 23.4 Å². The molecule has 0 N–H and O–H groups in total. The van der Waals surface area contributed by atoms with Crippen molar-refractivity contribution in [2.24, 2.45) is 12.5 Å². The van der Waals surface area contributed by atoms with E-state index >= 15 is 0 Å². The van der Waals surface area contributed by atoms with Gasteiger partial charge in [0.05, 0.1) is 16.7 Å². The monoisotopic (exact) mass is 338 g/mol. The summed E-state index contributed by atoms with van der Waals surface area (Å²) in [4.78, 5) is 0. The van der Waals surface area contributed by atoms with Gasteiger partial charge in [-0.05, 0) is 37.2 Å². The highest BCUT2D eigenvalue weighted by Gasteiger charge is 2.37. The van der Waals surface area contributed by atoms with Crippen LogP contribution in [0.3, 0.4) is 0 Å². The van der Waals surface area contributed by atoms with Gasteiger partial charge in [-0.3, -0.25) is 4.68 Å². The van der Waals surface area contributed by atoms with Crippen molar-refractivity contribution in [3.8, 4) is 0 Å². The van der Waals surface area contributed by atoms with E-state index in [1.165, 1.54) is 7.05 Å². The number of hydrogen-bond donors (Lipinski definition) is 0. The molecule has 0 radical (unpaired) electrons. The van der Waals surface area contributed by atoms with Crippen LogP contribution in [0.4, 0.5) is 13.2 Å². The summed E-state index contributed by atoms with van der Waals surface area (Å²) in [5.74, 6) is -0.391. The van der Waals surface area contributed by atoms with Crippen LogP contribution in [0.1, 0.15) is 50.9 Å². The van der Waals surface area contributed by atoms with Crippen molar-refractivity contribution in [2.45, 2.75) is 56.7 Å². The van der Waals surface area contributed by atoms with Gasteiger partial charge in [0.1, 0.15) is 0 Å². The minimum atomic E-state index is -4.56. The molecule has 0 saturated heterocycles. The second kappa shape index (κ2) is 5.54. The predicted octanol–water partition coefficient (Wildman–Crippen LogP) is 3.32. The standard InChI is InChI=1S/C14H21F3N2O2S/c1-13(2)6-4-11(5-7-13)22(20,21)9-10-8-12(14(15,16)17)18-19(10)3/h8,11H,4-7,9H2,1-3H3. The molecule has 0 bridgehead atoms. The fourth-order valence-electron chi connectivity index (χ4n) is 2.84. The van der Waals surface area contributed by atoms with Gasteiger partial charge >= 0.3 is 6.18 Å². The van der Waals surface area contributed by atoms with Crippen molar-refractivity contribution in [2.75, 3.05) is 0 Å². The van der Waals surface area contributed by atoms with Crippen LogP contribution in [0.5, 0.6) is 0 Å². The second-order valence-electron chi connectivity index (χ2n) is 6.81. The number of hydrogen-bond acceptors (Lipinski definition) is 3. The lowest BCUT2D eigenvalue weighted by Gasteiger charge is -2.33. The molecule has 0 amide bonds. The summed E-state index contributed by atoms with van der Waals surface area (Å²) in [6.45, 7) is 4.21. The molecule has 0 aromatic carbocycles. The summed E-state index contributed by atoms with van der Waals surface area (Å²) < 4.78 is 63.8. The SMILES string of the molecule is Cn1nc(C(F)(F)F)cc1CS(=O)(=O)C1CCC(C)(C)CC1. The Balaban J connectivity index is 2.15. The zero-order valence-electron chi connectivity index (χ0n) is 12.9. The van der Waals surface area contributed by atoms with Gasteiger partial charge in [0, 0.05) is 7.05 Å². The Morgan fingerprint density at radius 3 is 2.32 bits per heavy atom. The van der Waals surface area contributed by atoms with Crippen LogP contribution >= 0.6 is 0 Å². The molecule has 0 spiro atoms. The van der Waals surface area contributed by atoms with Gasteiger partial charge < -0.3 is 0 Å². The van der Waals surface area contributed by atoms with Crippen LogP contribution in [0, 0.1) is 5.41 Å². The summed E-state index contributed by atoms with van der Waals surface area (Å²) in [6.07, 6.45) is -1.79. The molecule has 1 fully saturated rings. The van der Waals surface area contributed by atoms with E-state index in [2.05, 4.69) is 18.9 Å². The molecule has 1 aromatic heterocycles. The molecule has 1 aliphatic rings. The Labute approximate surface area is 128 Å². The Hall–Kier alpha value is -1.05. The minimum Gasteiger partial charge on any atom is -0.271 e. The van der Waals surface area contributed by atoms with Gasteiger partial charge in [0.15, 0.2) is 15.5 Å². The number of aromatic nitrogens is 2. The molecule has 1 aliphatic carbocycles. The lowest BCUT2D eigenvalue weighted by atomic mass is 9.77. The number of halogens is 3. The van der Waals surface area contributed by atoms with Gasteiger partial charge in [-0.25, -0.2) is 8.42 Å². The van der Waals surface area contributed by atoms with Crippen molar-refractivity contribution in [1.82, 2.24) is 9.78 Å². The van der Waals surface area contributed by atoms with E-state index in [1.807, 2.05) is 0 Å². The molecule has 1 saturated carbocycles. The van der Waals surface area contributed by atoms with E-state index in [0.29, 0.717) is 12.8 Å². The normalized spacial score (nSPS) is 20.3. The van der Waals surface area contributed by atoms with E-state index in [9.17, 15) is 21.6 Å². The van der Waals surface area contributed by atoms with E-state index in [4.69, 9.17) is 0 Å². The maximum atomic E-state index is 12.6. The summed E-state index contributed by atoms with van der Waals surface area (Å²) in [7, 11) is -2.13. The highest BCUT2D eigenvalue weighted by molar-refractivity contribution is 7.91. The quantitative estimate of drug-likeness (QED) is 0.849. The minimum absolute atomic E-state index is 0.0807. The highest BCUT2D eigenvalue weighted by atomic mass is 32.2. The molecule has 22 heavy (non-hydrogen) atoms. The number of rotatable bonds is 3. The summed E-state index contributed by atoms with van der Waals surface area (Å²) in [6, 6.07) is 0.824. The molecule has 4 nitrogen and oxygen atoms in total. The Bertz CT molecular complexity index is 638. The predicted molar refractivity (Wildman–Crippen MR) is 76.9 cm³/mol. The third-order valence-corrected chi connectivity index (χ3v) is 6.60. The van der Waals surface area contributed by atoms with Crippen molar-refractivity contribution >= 4 is 9.84 Å². The first kappa shape index (κ1) is 17.3. The number of nitrogens with zero attached hydrogens (tertiary/aromatic N) is 2. The van der Waals surface area contributed by atoms with Crippen LogP contribution in [-0.2, 0) is 28.8 Å². The number of aryl methyl sites for hydroxylation is 1. The zero-order valence-corrected chi connectivity index (χ0v) is 13.8. The average molecular weight is 338 g/mol. The molecule has 0 atom stereocenters. The van der Waals surface area contributed by atoms with E-state index in [-0.39, 0.29) is 11.1 Å². The molecule has 2 rings (SSSR count). The first-order chi connectivity index (χ1) is 9.91. The highest BCUT2D eigenvalue weighted by Crippen LogP contribution is 2.38. The zero-order chi connectivity index (χ0) is 16.8. The molecule has 0 unspecified atom stereocenters. The van der Waals surface area contributed by atoms with Gasteiger partial charge in [0.25, 0.3) is 0 Å². The molecular formula is C14H21F3N2O2S.